The normalized spacial score (nSPS) is 14.7. The quantitative estimate of drug-likeness (QED) is 0.805. The van der Waals surface area contributed by atoms with Gasteiger partial charge >= 0.3 is 0 Å². The highest BCUT2D eigenvalue weighted by Crippen LogP contribution is 2.14. The minimum atomic E-state index is 0.182. The van der Waals surface area contributed by atoms with E-state index in [4.69, 9.17) is 5.11 Å². The molecule has 0 radical (unpaired) electrons. The maximum Gasteiger partial charge on any atom is 0.126 e. The lowest BCUT2D eigenvalue weighted by molar-refractivity contribution is 0.288. The molecule has 1 heterocycles. The van der Waals surface area contributed by atoms with Crippen molar-refractivity contribution in [1.82, 2.24) is 4.98 Å². The Kier molecular flexibility index (Phi) is 4.91. The molecule has 1 aromatic rings. The lowest BCUT2D eigenvalue weighted by Gasteiger charge is -2.21. The molecule has 0 bridgehead atoms. The van der Waals surface area contributed by atoms with E-state index in [-0.39, 0.29) is 17.9 Å². The number of aromatic nitrogens is 1. The second-order valence-corrected chi connectivity index (χ2v) is 4.69. The smallest absolute Gasteiger partial charge is 0.126 e. The number of aliphatic hydroxyl groups is 1. The number of rotatable bonds is 5. The fraction of sp³-hybridized carbons (Fsp3) is 0.545. The number of hydrogen-bond donors (Lipinski definition) is 2. The van der Waals surface area contributed by atoms with E-state index >= 15 is 0 Å². The first-order valence-corrected chi connectivity index (χ1v) is 6.29. The van der Waals surface area contributed by atoms with E-state index in [2.05, 4.69) is 17.2 Å². The molecular weight excluding hydrogens is 208 g/mol. The van der Waals surface area contributed by atoms with Gasteiger partial charge in [0.15, 0.2) is 0 Å². The molecule has 0 aliphatic heterocycles. The summed E-state index contributed by atoms with van der Waals surface area (Å²) >= 11 is 1.66. The van der Waals surface area contributed by atoms with Crippen molar-refractivity contribution >= 4 is 17.6 Å². The second-order valence-electron chi connectivity index (χ2n) is 3.61. The Bertz CT molecular complexity index is 285. The third-order valence-corrected chi connectivity index (χ3v) is 3.49. The highest BCUT2D eigenvalue weighted by Gasteiger charge is 2.14. The van der Waals surface area contributed by atoms with E-state index in [1.807, 2.05) is 31.5 Å². The van der Waals surface area contributed by atoms with E-state index in [0.717, 1.165) is 11.4 Å². The Balaban J connectivity index is 2.57. The van der Waals surface area contributed by atoms with Crippen LogP contribution in [0, 0.1) is 6.92 Å². The molecule has 2 unspecified atom stereocenters. The predicted octanol–water partition coefficient (Wildman–Crippen LogP) is 1.91. The average molecular weight is 226 g/mol. The van der Waals surface area contributed by atoms with Gasteiger partial charge in [0.1, 0.15) is 5.82 Å². The van der Waals surface area contributed by atoms with Gasteiger partial charge in [-0.15, -0.1) is 0 Å². The molecule has 1 rings (SSSR count). The van der Waals surface area contributed by atoms with Crippen molar-refractivity contribution in [2.45, 2.75) is 25.1 Å². The number of hydrogen-bond acceptors (Lipinski definition) is 4. The number of anilines is 1. The van der Waals surface area contributed by atoms with Gasteiger partial charge in [0, 0.05) is 17.5 Å². The van der Waals surface area contributed by atoms with Gasteiger partial charge < -0.3 is 10.4 Å². The number of aliphatic hydroxyl groups excluding tert-OH is 1. The molecule has 0 saturated heterocycles. The van der Waals surface area contributed by atoms with Crippen LogP contribution in [-0.2, 0) is 0 Å². The van der Waals surface area contributed by atoms with Crippen LogP contribution in [0.15, 0.2) is 18.3 Å². The van der Waals surface area contributed by atoms with E-state index in [1.165, 1.54) is 0 Å². The van der Waals surface area contributed by atoms with E-state index in [0.29, 0.717) is 0 Å². The van der Waals surface area contributed by atoms with Crippen molar-refractivity contribution in [2.75, 3.05) is 18.2 Å². The van der Waals surface area contributed by atoms with Crippen molar-refractivity contribution in [3.8, 4) is 0 Å². The fourth-order valence-corrected chi connectivity index (χ4v) is 1.94. The number of nitrogens with one attached hydrogen (secondary N) is 1. The number of pyridine rings is 1. The van der Waals surface area contributed by atoms with Crippen LogP contribution in [0.25, 0.3) is 0 Å². The van der Waals surface area contributed by atoms with Crippen LogP contribution in [0.2, 0.25) is 0 Å². The van der Waals surface area contributed by atoms with Gasteiger partial charge in [-0.25, -0.2) is 4.98 Å². The summed E-state index contributed by atoms with van der Waals surface area (Å²) in [5, 5.41) is 12.6. The summed E-state index contributed by atoms with van der Waals surface area (Å²) in [6.45, 7) is 4.25. The molecule has 2 N–H and O–H groups in total. The molecule has 0 aliphatic carbocycles. The first kappa shape index (κ1) is 12.3. The molecule has 15 heavy (non-hydrogen) atoms. The highest BCUT2D eigenvalue weighted by atomic mass is 32.2. The number of nitrogens with zero attached hydrogens (tertiary/aromatic N) is 1. The zero-order chi connectivity index (χ0) is 11.3. The monoisotopic (exact) mass is 226 g/mol. The lowest BCUT2D eigenvalue weighted by atomic mass is 10.2. The second kappa shape index (κ2) is 5.98. The topological polar surface area (TPSA) is 45.1 Å². The first-order chi connectivity index (χ1) is 7.17. The summed E-state index contributed by atoms with van der Waals surface area (Å²) in [4.78, 5) is 4.27. The van der Waals surface area contributed by atoms with E-state index in [1.54, 1.807) is 11.8 Å². The Hall–Kier alpha value is -0.740. The summed E-state index contributed by atoms with van der Waals surface area (Å²) < 4.78 is 0. The minimum Gasteiger partial charge on any atom is -0.395 e. The third kappa shape index (κ3) is 3.72. The van der Waals surface area contributed by atoms with Gasteiger partial charge in [-0.2, -0.15) is 11.8 Å². The van der Waals surface area contributed by atoms with Crippen molar-refractivity contribution < 1.29 is 5.11 Å². The standard InChI is InChI=1S/C11H18N2OS/c1-8-4-5-11(12-6-8)13-9(2)10(7-14)15-3/h4-6,9-10,14H,7H2,1-3H3,(H,12,13). The van der Waals surface area contributed by atoms with Gasteiger partial charge in [0.2, 0.25) is 0 Å². The van der Waals surface area contributed by atoms with Crippen LogP contribution < -0.4 is 5.32 Å². The van der Waals surface area contributed by atoms with Crippen molar-refractivity contribution in [3.63, 3.8) is 0 Å². The molecule has 84 valence electrons. The van der Waals surface area contributed by atoms with Gasteiger partial charge in [-0.3, -0.25) is 0 Å². The molecule has 0 saturated carbocycles. The molecule has 2 atom stereocenters. The third-order valence-electron chi connectivity index (χ3n) is 2.33. The molecular formula is C11H18N2OS. The summed E-state index contributed by atoms with van der Waals surface area (Å²) in [5.41, 5.74) is 1.15. The number of thioether (sulfide) groups is 1. The van der Waals surface area contributed by atoms with Gasteiger partial charge in [-0.1, -0.05) is 6.07 Å². The van der Waals surface area contributed by atoms with Crippen LogP contribution in [-0.4, -0.2) is 34.2 Å². The zero-order valence-electron chi connectivity index (χ0n) is 9.40. The lowest BCUT2D eigenvalue weighted by Crippen LogP contribution is -2.31. The SMILES string of the molecule is CSC(CO)C(C)Nc1ccc(C)cn1. The van der Waals surface area contributed by atoms with Gasteiger partial charge in [0.05, 0.1) is 6.61 Å². The zero-order valence-corrected chi connectivity index (χ0v) is 10.2. The van der Waals surface area contributed by atoms with Crippen LogP contribution in [0.3, 0.4) is 0 Å². The molecule has 4 heteroatoms. The van der Waals surface area contributed by atoms with Crippen LogP contribution in [0.1, 0.15) is 12.5 Å². The highest BCUT2D eigenvalue weighted by molar-refractivity contribution is 7.99. The average Bonchev–Trinajstić information content (AvgIpc) is 2.23. The van der Waals surface area contributed by atoms with Gasteiger partial charge in [0.25, 0.3) is 0 Å². The Morgan fingerprint density at radius 1 is 1.53 bits per heavy atom. The molecule has 0 amide bonds. The van der Waals surface area contributed by atoms with Crippen LogP contribution >= 0.6 is 11.8 Å². The molecule has 0 fully saturated rings. The summed E-state index contributed by atoms with van der Waals surface area (Å²) in [6, 6.07) is 4.19. The van der Waals surface area contributed by atoms with Crippen molar-refractivity contribution in [2.24, 2.45) is 0 Å². The molecule has 0 aliphatic rings. The van der Waals surface area contributed by atoms with E-state index in [9.17, 15) is 0 Å². The van der Waals surface area contributed by atoms with Gasteiger partial charge in [-0.05, 0) is 31.7 Å². The van der Waals surface area contributed by atoms with Crippen LogP contribution in [0.5, 0.6) is 0 Å². The molecule has 3 nitrogen and oxygen atoms in total. The Morgan fingerprint density at radius 3 is 2.73 bits per heavy atom. The Labute approximate surface area is 95.3 Å². The minimum absolute atomic E-state index is 0.182. The fourth-order valence-electron chi connectivity index (χ4n) is 1.32. The Morgan fingerprint density at radius 2 is 2.27 bits per heavy atom. The molecule has 1 aromatic heterocycles. The largest absolute Gasteiger partial charge is 0.395 e. The maximum atomic E-state index is 9.14. The molecule has 0 spiro atoms. The van der Waals surface area contributed by atoms with Crippen molar-refractivity contribution in [1.29, 1.82) is 0 Å². The summed E-state index contributed by atoms with van der Waals surface area (Å²) in [6.07, 6.45) is 3.84. The molecule has 0 aromatic carbocycles. The number of aryl methyl sites for hydroxylation is 1. The first-order valence-electron chi connectivity index (χ1n) is 5.00. The maximum absolute atomic E-state index is 9.14. The summed E-state index contributed by atoms with van der Waals surface area (Å²) in [7, 11) is 0. The van der Waals surface area contributed by atoms with E-state index < -0.39 is 0 Å². The van der Waals surface area contributed by atoms with Crippen LogP contribution in [0.4, 0.5) is 5.82 Å². The van der Waals surface area contributed by atoms with Crippen molar-refractivity contribution in [3.05, 3.63) is 23.9 Å². The summed E-state index contributed by atoms with van der Waals surface area (Å²) in [5.74, 6) is 0.862. The predicted molar refractivity (Wildman–Crippen MR) is 66.4 cm³/mol.